The van der Waals surface area contributed by atoms with E-state index in [9.17, 15) is 18.0 Å². The Morgan fingerprint density at radius 3 is 2.66 bits per heavy atom. The topological polar surface area (TPSA) is 92.6 Å². The van der Waals surface area contributed by atoms with Gasteiger partial charge in [-0.25, -0.2) is 18.7 Å². The van der Waals surface area contributed by atoms with Gasteiger partial charge in [0, 0.05) is 31.9 Å². The lowest BCUT2D eigenvalue weighted by molar-refractivity contribution is -0.137. The molecule has 5 rings (SSSR count). The van der Waals surface area contributed by atoms with Gasteiger partial charge in [0.2, 0.25) is 0 Å². The summed E-state index contributed by atoms with van der Waals surface area (Å²) in [6, 6.07) is 4.06. The molecule has 3 aromatic heterocycles. The van der Waals surface area contributed by atoms with Crippen molar-refractivity contribution in [3.8, 4) is 0 Å². The predicted molar refractivity (Wildman–Crippen MR) is 123 cm³/mol. The predicted octanol–water partition coefficient (Wildman–Crippen LogP) is 3.79. The van der Waals surface area contributed by atoms with E-state index in [1.807, 2.05) is 10.6 Å². The van der Waals surface area contributed by atoms with E-state index in [2.05, 4.69) is 15.0 Å². The number of fused-ring (bicyclic) bond motifs is 3. The fourth-order valence-electron chi connectivity index (χ4n) is 4.21. The summed E-state index contributed by atoms with van der Waals surface area (Å²) in [7, 11) is 0. The molecule has 1 aromatic carbocycles. The van der Waals surface area contributed by atoms with Crippen LogP contribution in [0.5, 0.6) is 0 Å². The molecule has 182 valence electrons. The van der Waals surface area contributed by atoms with Crippen molar-refractivity contribution >= 4 is 40.2 Å². The molecular formula is C22H19F4N7OS. The number of imidazole rings is 1. The molecule has 1 saturated heterocycles. The molecule has 1 unspecified atom stereocenters. The van der Waals surface area contributed by atoms with E-state index in [-0.39, 0.29) is 29.1 Å². The van der Waals surface area contributed by atoms with E-state index in [1.54, 1.807) is 4.40 Å². The van der Waals surface area contributed by atoms with E-state index in [1.165, 1.54) is 41.5 Å². The molecule has 35 heavy (non-hydrogen) atoms. The zero-order valence-electron chi connectivity index (χ0n) is 18.3. The van der Waals surface area contributed by atoms with Gasteiger partial charge in [0.25, 0.3) is 5.91 Å². The van der Waals surface area contributed by atoms with Crippen molar-refractivity contribution in [2.24, 2.45) is 0 Å². The van der Waals surface area contributed by atoms with Gasteiger partial charge in [-0.15, -0.1) is 0 Å². The number of alkyl halides is 3. The van der Waals surface area contributed by atoms with Crippen LogP contribution < -0.4 is 5.73 Å². The Morgan fingerprint density at radius 1 is 1.17 bits per heavy atom. The fourth-order valence-corrected chi connectivity index (χ4v) is 4.76. The zero-order valence-corrected chi connectivity index (χ0v) is 19.1. The molecule has 1 aliphatic rings. The van der Waals surface area contributed by atoms with Gasteiger partial charge in [-0.3, -0.25) is 14.2 Å². The highest BCUT2D eigenvalue weighted by atomic mass is 32.2. The molecule has 13 heteroatoms. The number of pyridine rings is 1. The van der Waals surface area contributed by atoms with Crippen molar-refractivity contribution in [3.63, 3.8) is 0 Å². The summed E-state index contributed by atoms with van der Waals surface area (Å²) in [5, 5.41) is 0. The van der Waals surface area contributed by atoms with Crippen LogP contribution in [0, 0.1) is 5.82 Å². The third-order valence-corrected chi connectivity index (χ3v) is 6.86. The summed E-state index contributed by atoms with van der Waals surface area (Å²) in [5.74, 6) is -1.20. The second-order valence-corrected chi connectivity index (χ2v) is 8.90. The maximum absolute atomic E-state index is 15.1. The number of nitrogens with two attached hydrogens (primary N) is 1. The highest BCUT2D eigenvalue weighted by Gasteiger charge is 2.36. The molecule has 0 saturated carbocycles. The maximum Gasteiger partial charge on any atom is 0.417 e. The van der Waals surface area contributed by atoms with Crippen molar-refractivity contribution in [1.82, 2.24) is 28.6 Å². The van der Waals surface area contributed by atoms with Gasteiger partial charge in [0.1, 0.15) is 17.2 Å². The minimum atomic E-state index is -4.52. The zero-order chi connectivity index (χ0) is 24.9. The van der Waals surface area contributed by atoms with Crippen LogP contribution in [0.2, 0.25) is 0 Å². The van der Waals surface area contributed by atoms with Gasteiger partial charge in [-0.05, 0) is 24.5 Å². The smallest absolute Gasteiger partial charge is 0.382 e. The van der Waals surface area contributed by atoms with E-state index < -0.39 is 29.5 Å². The Kier molecular flexibility index (Phi) is 5.75. The molecule has 1 amide bonds. The Labute approximate surface area is 200 Å². The largest absolute Gasteiger partial charge is 0.417 e. The van der Waals surface area contributed by atoms with Crippen molar-refractivity contribution < 1.29 is 22.4 Å². The number of amides is 1. The number of nitrogens with zero attached hydrogens (tertiary/aromatic N) is 6. The van der Waals surface area contributed by atoms with Crippen LogP contribution in [0.25, 0.3) is 16.6 Å². The van der Waals surface area contributed by atoms with Crippen molar-refractivity contribution in [2.75, 3.05) is 31.6 Å². The van der Waals surface area contributed by atoms with Gasteiger partial charge < -0.3 is 10.6 Å². The molecule has 4 heterocycles. The Bertz CT molecular complexity index is 1420. The summed E-state index contributed by atoms with van der Waals surface area (Å²) in [4.78, 5) is 27.3. The van der Waals surface area contributed by atoms with Crippen molar-refractivity contribution in [1.29, 1.82) is 0 Å². The van der Waals surface area contributed by atoms with E-state index in [0.717, 1.165) is 18.3 Å². The number of carbonyl (C=O) groups is 1. The first kappa shape index (κ1) is 23.3. The molecule has 1 aliphatic heterocycles. The van der Waals surface area contributed by atoms with Crippen LogP contribution in [-0.4, -0.2) is 60.4 Å². The standard InChI is InChI=1S/C22H19F4N7OS/c1-35-31-4-5-32(19(10-31)15-3-2-12(8-29-15)22(24,25)26)21(34)13-6-17-16(7-14(13)23)30-20(27)18-9-28-11-33(17)18/h2-3,6-9,11,19H,4-5,10H2,1H3,(H2,27,30). The second kappa shape index (κ2) is 8.64. The molecule has 0 aliphatic carbocycles. The number of halogens is 4. The maximum atomic E-state index is 15.1. The molecule has 0 spiro atoms. The monoisotopic (exact) mass is 505 g/mol. The van der Waals surface area contributed by atoms with E-state index >= 15 is 4.39 Å². The van der Waals surface area contributed by atoms with Gasteiger partial charge >= 0.3 is 6.18 Å². The van der Waals surface area contributed by atoms with Crippen LogP contribution in [-0.2, 0) is 6.18 Å². The van der Waals surface area contributed by atoms with Gasteiger partial charge in [-0.2, -0.15) is 13.2 Å². The van der Waals surface area contributed by atoms with Gasteiger partial charge in [0.15, 0.2) is 0 Å². The number of anilines is 1. The molecule has 0 bridgehead atoms. The Morgan fingerprint density at radius 2 is 1.97 bits per heavy atom. The summed E-state index contributed by atoms with van der Waals surface area (Å²) < 4.78 is 57.8. The number of hydrogen-bond donors (Lipinski definition) is 1. The van der Waals surface area contributed by atoms with Crippen LogP contribution in [0.1, 0.15) is 27.7 Å². The number of benzene rings is 1. The number of hydrogen-bond acceptors (Lipinski definition) is 7. The first-order valence-electron chi connectivity index (χ1n) is 10.5. The second-order valence-electron chi connectivity index (χ2n) is 8.02. The fraction of sp³-hybridized carbons (Fsp3) is 0.273. The first-order valence-corrected chi connectivity index (χ1v) is 11.7. The van der Waals surface area contributed by atoms with E-state index in [0.29, 0.717) is 24.1 Å². The van der Waals surface area contributed by atoms with Crippen molar-refractivity contribution in [2.45, 2.75) is 12.2 Å². The minimum Gasteiger partial charge on any atom is -0.382 e. The van der Waals surface area contributed by atoms with Crippen LogP contribution in [0.4, 0.5) is 23.4 Å². The summed E-state index contributed by atoms with van der Waals surface area (Å²) in [6.45, 7) is 1.07. The van der Waals surface area contributed by atoms with Gasteiger partial charge in [-0.1, -0.05) is 11.9 Å². The molecule has 1 atom stereocenters. The average molecular weight is 506 g/mol. The number of piperazine rings is 1. The molecule has 8 nitrogen and oxygen atoms in total. The summed E-state index contributed by atoms with van der Waals surface area (Å²) in [6.07, 6.45) is 1.10. The lowest BCUT2D eigenvalue weighted by Crippen LogP contribution is -2.48. The minimum absolute atomic E-state index is 0.176. The number of rotatable bonds is 3. The Hall–Kier alpha value is -3.45. The van der Waals surface area contributed by atoms with Crippen LogP contribution >= 0.6 is 11.9 Å². The quantitative estimate of drug-likeness (QED) is 0.335. The van der Waals surface area contributed by atoms with E-state index in [4.69, 9.17) is 5.73 Å². The molecule has 2 N–H and O–H groups in total. The normalized spacial score (nSPS) is 17.4. The lowest BCUT2D eigenvalue weighted by Gasteiger charge is -2.40. The molecule has 0 radical (unpaired) electrons. The third kappa shape index (κ3) is 4.14. The highest BCUT2D eigenvalue weighted by molar-refractivity contribution is 7.96. The number of aromatic nitrogens is 4. The highest BCUT2D eigenvalue weighted by Crippen LogP contribution is 2.33. The number of nitrogen functional groups attached to an aromatic ring is 1. The molecule has 1 fully saturated rings. The molecular weight excluding hydrogens is 486 g/mol. The lowest BCUT2D eigenvalue weighted by atomic mass is 10.0. The average Bonchev–Trinajstić information content (AvgIpc) is 3.33. The van der Waals surface area contributed by atoms with Crippen molar-refractivity contribution in [3.05, 3.63) is 65.6 Å². The summed E-state index contributed by atoms with van der Waals surface area (Å²) >= 11 is 1.45. The number of carbonyl (C=O) groups excluding carboxylic acids is 1. The van der Waals surface area contributed by atoms with Crippen LogP contribution in [0.3, 0.4) is 0 Å². The molecule has 4 aromatic rings. The van der Waals surface area contributed by atoms with Crippen LogP contribution in [0.15, 0.2) is 43.0 Å². The third-order valence-electron chi connectivity index (χ3n) is 6.01. The first-order chi connectivity index (χ1) is 16.7. The van der Waals surface area contributed by atoms with Gasteiger partial charge in [0.05, 0.1) is 46.4 Å². The Balaban J connectivity index is 1.55. The SMILES string of the molecule is CSN1CCN(C(=O)c2cc3c(cc2F)nc(N)c2cncn23)C(c2ccc(C(F)(F)F)cn2)C1. The summed E-state index contributed by atoms with van der Waals surface area (Å²) in [5.41, 5.74) is 6.37.